The summed E-state index contributed by atoms with van der Waals surface area (Å²) >= 11 is 0. The topological polar surface area (TPSA) is 110 Å². The molecular weight excluding hydrogens is 298 g/mol. The highest BCUT2D eigenvalue weighted by Gasteiger charge is 2.29. The number of aromatic nitrogens is 4. The van der Waals surface area contributed by atoms with Crippen LogP contribution in [0.5, 0.6) is 0 Å². The maximum absolute atomic E-state index is 12.3. The molecule has 0 aliphatic rings. The summed E-state index contributed by atoms with van der Waals surface area (Å²) in [6.45, 7) is 5.07. The number of nitrogens with one attached hydrogen (secondary N) is 1. The van der Waals surface area contributed by atoms with E-state index in [1.54, 1.807) is 0 Å². The molecule has 1 unspecified atom stereocenters. The van der Waals surface area contributed by atoms with E-state index >= 15 is 0 Å². The standard InChI is InChI=1S/C15H19N5O3/c1-9(2)12(14(21)16-10(3)15(22)23)20-18-13(17-19-20)11-7-5-4-6-8-11/h4-10,12H,1-3H3,(H,16,21)(H,22,23)/t10-,12?/m0/s1. The number of carbonyl (C=O) groups excluding carboxylic acids is 1. The summed E-state index contributed by atoms with van der Waals surface area (Å²) in [7, 11) is 0. The van der Waals surface area contributed by atoms with Crippen LogP contribution in [0.25, 0.3) is 11.4 Å². The van der Waals surface area contributed by atoms with Gasteiger partial charge in [0.25, 0.3) is 0 Å². The van der Waals surface area contributed by atoms with Crippen LogP contribution in [-0.2, 0) is 9.59 Å². The number of carboxylic acid groups (broad SMARTS) is 1. The number of rotatable bonds is 6. The first kappa shape index (κ1) is 16.6. The van der Waals surface area contributed by atoms with Crippen molar-refractivity contribution in [2.24, 2.45) is 5.92 Å². The van der Waals surface area contributed by atoms with Crippen molar-refractivity contribution in [2.75, 3.05) is 0 Å². The highest BCUT2D eigenvalue weighted by atomic mass is 16.4. The number of carboxylic acids is 1. The number of amides is 1. The summed E-state index contributed by atoms with van der Waals surface area (Å²) in [5.41, 5.74) is 0.792. The fraction of sp³-hybridized carbons (Fsp3) is 0.400. The van der Waals surface area contributed by atoms with Crippen molar-refractivity contribution < 1.29 is 14.7 Å². The summed E-state index contributed by atoms with van der Waals surface area (Å²) in [4.78, 5) is 24.5. The molecule has 2 N–H and O–H groups in total. The first-order valence-electron chi connectivity index (χ1n) is 7.28. The van der Waals surface area contributed by atoms with Gasteiger partial charge in [0.2, 0.25) is 11.7 Å². The molecule has 1 amide bonds. The smallest absolute Gasteiger partial charge is 0.325 e. The fourth-order valence-electron chi connectivity index (χ4n) is 2.08. The highest BCUT2D eigenvalue weighted by Crippen LogP contribution is 2.18. The number of benzene rings is 1. The van der Waals surface area contributed by atoms with Gasteiger partial charge in [-0.25, -0.2) is 0 Å². The van der Waals surface area contributed by atoms with Gasteiger partial charge in [0.05, 0.1) is 0 Å². The molecule has 0 aliphatic heterocycles. The lowest BCUT2D eigenvalue weighted by Gasteiger charge is -2.20. The molecule has 0 saturated carbocycles. The predicted octanol–water partition coefficient (Wildman–Crippen LogP) is 1.13. The van der Waals surface area contributed by atoms with E-state index in [9.17, 15) is 9.59 Å². The molecule has 0 spiro atoms. The van der Waals surface area contributed by atoms with E-state index in [0.717, 1.165) is 5.56 Å². The molecule has 8 heteroatoms. The maximum Gasteiger partial charge on any atom is 0.325 e. The van der Waals surface area contributed by atoms with Gasteiger partial charge in [-0.05, 0) is 18.1 Å². The molecule has 8 nitrogen and oxygen atoms in total. The average Bonchev–Trinajstić information content (AvgIpc) is 2.97. The molecule has 23 heavy (non-hydrogen) atoms. The molecule has 2 aromatic rings. The van der Waals surface area contributed by atoms with Crippen molar-refractivity contribution in [3.8, 4) is 11.4 Å². The Morgan fingerprint density at radius 1 is 1.17 bits per heavy atom. The van der Waals surface area contributed by atoms with Crippen molar-refractivity contribution in [1.82, 2.24) is 25.5 Å². The lowest BCUT2D eigenvalue weighted by molar-refractivity contribution is -0.142. The number of carbonyl (C=O) groups is 2. The van der Waals surface area contributed by atoms with Crippen LogP contribution in [0.1, 0.15) is 26.8 Å². The summed E-state index contributed by atoms with van der Waals surface area (Å²) in [5.74, 6) is -1.27. The number of hydrogen-bond donors (Lipinski definition) is 2. The predicted molar refractivity (Wildman–Crippen MR) is 82.4 cm³/mol. The van der Waals surface area contributed by atoms with Crippen LogP contribution >= 0.6 is 0 Å². The molecule has 0 bridgehead atoms. The Kier molecular flexibility index (Phi) is 5.05. The van der Waals surface area contributed by atoms with Gasteiger partial charge in [-0.3, -0.25) is 9.59 Å². The lowest BCUT2D eigenvalue weighted by atomic mass is 10.0. The van der Waals surface area contributed by atoms with Crippen LogP contribution < -0.4 is 5.32 Å². The van der Waals surface area contributed by atoms with E-state index in [-0.39, 0.29) is 5.92 Å². The molecule has 1 heterocycles. The van der Waals surface area contributed by atoms with Gasteiger partial charge in [0, 0.05) is 5.56 Å². The van der Waals surface area contributed by atoms with E-state index < -0.39 is 24.0 Å². The van der Waals surface area contributed by atoms with Crippen LogP contribution in [0.2, 0.25) is 0 Å². The SMILES string of the molecule is CC(C)C(C(=O)N[C@@H](C)C(=O)O)n1nnc(-c2ccccc2)n1. The van der Waals surface area contributed by atoms with Gasteiger partial charge >= 0.3 is 5.97 Å². The Balaban J connectivity index is 2.23. The third-order valence-corrected chi connectivity index (χ3v) is 3.34. The van der Waals surface area contributed by atoms with E-state index in [4.69, 9.17) is 5.11 Å². The summed E-state index contributed by atoms with van der Waals surface area (Å²) in [6.07, 6.45) is 0. The summed E-state index contributed by atoms with van der Waals surface area (Å²) in [5, 5.41) is 23.5. The van der Waals surface area contributed by atoms with E-state index in [2.05, 4.69) is 20.7 Å². The van der Waals surface area contributed by atoms with Crippen molar-refractivity contribution in [2.45, 2.75) is 32.9 Å². The zero-order chi connectivity index (χ0) is 17.0. The van der Waals surface area contributed by atoms with Crippen LogP contribution in [-0.4, -0.2) is 43.2 Å². The number of hydrogen-bond acceptors (Lipinski definition) is 5. The minimum Gasteiger partial charge on any atom is -0.480 e. The summed E-state index contributed by atoms with van der Waals surface area (Å²) in [6, 6.07) is 7.57. The van der Waals surface area contributed by atoms with Crippen LogP contribution in [0.3, 0.4) is 0 Å². The minimum absolute atomic E-state index is 0.131. The Bertz CT molecular complexity index is 683. The van der Waals surface area contributed by atoms with Gasteiger partial charge in [-0.1, -0.05) is 44.2 Å². The van der Waals surface area contributed by atoms with Gasteiger partial charge in [-0.2, -0.15) is 4.80 Å². The third kappa shape index (κ3) is 3.91. The Morgan fingerprint density at radius 3 is 2.39 bits per heavy atom. The quantitative estimate of drug-likeness (QED) is 0.826. The molecular formula is C15H19N5O3. The van der Waals surface area contributed by atoms with Crippen LogP contribution in [0.15, 0.2) is 30.3 Å². The third-order valence-electron chi connectivity index (χ3n) is 3.34. The van der Waals surface area contributed by atoms with Crippen molar-refractivity contribution in [1.29, 1.82) is 0 Å². The monoisotopic (exact) mass is 317 g/mol. The Hall–Kier alpha value is -2.77. The van der Waals surface area contributed by atoms with Gasteiger partial charge < -0.3 is 10.4 Å². The van der Waals surface area contributed by atoms with Gasteiger partial charge in [-0.15, -0.1) is 10.2 Å². The zero-order valence-electron chi connectivity index (χ0n) is 13.2. The Labute approximate surface area is 133 Å². The molecule has 0 radical (unpaired) electrons. The average molecular weight is 317 g/mol. The maximum atomic E-state index is 12.3. The molecule has 0 aliphatic carbocycles. The molecule has 1 aromatic carbocycles. The van der Waals surface area contributed by atoms with E-state index in [0.29, 0.717) is 5.82 Å². The molecule has 2 atom stereocenters. The number of aliphatic carboxylic acids is 1. The molecule has 0 fully saturated rings. The second-order valence-electron chi connectivity index (χ2n) is 5.56. The second kappa shape index (κ2) is 6.99. The first-order valence-corrected chi connectivity index (χ1v) is 7.28. The van der Waals surface area contributed by atoms with Gasteiger partial charge in [0.1, 0.15) is 6.04 Å². The second-order valence-corrected chi connectivity index (χ2v) is 5.56. The molecule has 2 rings (SSSR count). The van der Waals surface area contributed by atoms with Gasteiger partial charge in [0.15, 0.2) is 6.04 Å². The molecule has 1 aromatic heterocycles. The lowest BCUT2D eigenvalue weighted by Crippen LogP contribution is -2.44. The molecule has 122 valence electrons. The Morgan fingerprint density at radius 2 is 1.83 bits per heavy atom. The van der Waals surface area contributed by atoms with Crippen LogP contribution in [0, 0.1) is 5.92 Å². The first-order chi connectivity index (χ1) is 10.9. The molecule has 0 saturated heterocycles. The van der Waals surface area contributed by atoms with Crippen molar-refractivity contribution >= 4 is 11.9 Å². The summed E-state index contributed by atoms with van der Waals surface area (Å²) < 4.78 is 0. The van der Waals surface area contributed by atoms with Crippen molar-refractivity contribution in [3.63, 3.8) is 0 Å². The van der Waals surface area contributed by atoms with E-state index in [1.807, 2.05) is 44.2 Å². The number of nitrogens with zero attached hydrogens (tertiary/aromatic N) is 4. The minimum atomic E-state index is -1.10. The number of tetrazole rings is 1. The van der Waals surface area contributed by atoms with Crippen LogP contribution in [0.4, 0.5) is 0 Å². The normalized spacial score (nSPS) is 13.6. The van der Waals surface area contributed by atoms with Crippen molar-refractivity contribution in [3.05, 3.63) is 30.3 Å². The van der Waals surface area contributed by atoms with E-state index in [1.165, 1.54) is 11.7 Å². The largest absolute Gasteiger partial charge is 0.480 e. The fourth-order valence-corrected chi connectivity index (χ4v) is 2.08. The zero-order valence-corrected chi connectivity index (χ0v) is 13.2. The highest BCUT2D eigenvalue weighted by molar-refractivity contribution is 5.85.